The Kier molecular flexibility index (Phi) is 4.32. The van der Waals surface area contributed by atoms with E-state index >= 15 is 0 Å². The van der Waals surface area contributed by atoms with Crippen molar-refractivity contribution in [2.45, 2.75) is 13.3 Å². The smallest absolute Gasteiger partial charge is 0.541 e. The van der Waals surface area contributed by atoms with Crippen LogP contribution in [0.25, 0.3) is 0 Å². The van der Waals surface area contributed by atoms with Crippen molar-refractivity contribution in [3.8, 4) is 0 Å². The second kappa shape index (κ2) is 4.48. The first-order valence-corrected chi connectivity index (χ1v) is 2.86. The van der Waals surface area contributed by atoms with Crippen LogP contribution in [0.15, 0.2) is 0 Å². The van der Waals surface area contributed by atoms with E-state index in [4.69, 9.17) is 0 Å². The molecule has 0 radical (unpaired) electrons. The first-order valence-electron chi connectivity index (χ1n) is 2.86. The Morgan fingerprint density at radius 2 is 2.36 bits per heavy atom. The van der Waals surface area contributed by atoms with Gasteiger partial charge >= 0.3 is 29.6 Å². The third-order valence-corrected chi connectivity index (χ3v) is 1.05. The molecular weight excluding hydrogens is 157 g/mol. The Morgan fingerprint density at radius 3 is 2.64 bits per heavy atom. The average molecular weight is 163 g/mol. The number of hydrogen-bond donors (Lipinski definition) is 1. The molecule has 0 aromatic carbocycles. The van der Waals surface area contributed by atoms with E-state index in [0.29, 0.717) is 12.2 Å². The summed E-state index contributed by atoms with van der Waals surface area (Å²) in [5.41, 5.74) is 0. The van der Waals surface area contributed by atoms with E-state index in [1.165, 1.54) is 0 Å². The maximum absolute atomic E-state index is 10.1. The van der Waals surface area contributed by atoms with E-state index < -0.39 is 5.97 Å². The van der Waals surface area contributed by atoms with E-state index in [2.05, 4.69) is 15.2 Å². The Hall–Kier alpha value is -0.390. The van der Waals surface area contributed by atoms with Crippen molar-refractivity contribution >= 4 is 5.97 Å². The minimum absolute atomic E-state index is 0. The van der Waals surface area contributed by atoms with Crippen molar-refractivity contribution < 1.29 is 39.5 Å². The molecule has 0 atom stereocenters. The van der Waals surface area contributed by atoms with Gasteiger partial charge in [-0.1, -0.05) is 6.92 Å². The summed E-state index contributed by atoms with van der Waals surface area (Å²) in [7, 11) is 0. The second-order valence-electron chi connectivity index (χ2n) is 1.75. The van der Waals surface area contributed by atoms with E-state index in [1.807, 2.05) is 6.92 Å². The van der Waals surface area contributed by atoms with Gasteiger partial charge in [0.2, 0.25) is 0 Å². The number of aromatic nitrogens is 3. The van der Waals surface area contributed by atoms with Gasteiger partial charge in [0.15, 0.2) is 5.82 Å². The fourth-order valence-electron chi connectivity index (χ4n) is 0.545. The number of aromatic amines is 1. The van der Waals surface area contributed by atoms with Crippen LogP contribution in [0.2, 0.25) is 0 Å². The molecule has 1 N–H and O–H groups in total. The summed E-state index contributed by atoms with van der Waals surface area (Å²) in [4.78, 5) is 13.7. The van der Waals surface area contributed by atoms with Crippen LogP contribution in [0.4, 0.5) is 0 Å². The molecule has 0 spiro atoms. The molecule has 11 heavy (non-hydrogen) atoms. The number of hydrogen-bond acceptors (Lipinski definition) is 4. The molecule has 0 saturated carbocycles. The molecule has 0 aliphatic rings. The zero-order valence-electron chi connectivity index (χ0n) is 6.42. The number of nitrogens with one attached hydrogen (secondary N) is 1. The fraction of sp³-hybridized carbons (Fsp3) is 0.400. The van der Waals surface area contributed by atoms with Crippen molar-refractivity contribution in [3.05, 3.63) is 11.6 Å². The van der Waals surface area contributed by atoms with E-state index in [0.717, 1.165) is 0 Å². The Morgan fingerprint density at radius 1 is 1.73 bits per heavy atom. The molecule has 1 aromatic rings. The maximum Gasteiger partial charge on any atom is 1.00 e. The van der Waals surface area contributed by atoms with Crippen molar-refractivity contribution in [3.63, 3.8) is 0 Å². The maximum atomic E-state index is 10.1. The number of carboxylic acid groups (broad SMARTS) is 1. The molecule has 0 unspecified atom stereocenters. The molecule has 54 valence electrons. The van der Waals surface area contributed by atoms with Gasteiger partial charge in [0.25, 0.3) is 0 Å². The van der Waals surface area contributed by atoms with Gasteiger partial charge in [0.1, 0.15) is 11.8 Å². The third-order valence-electron chi connectivity index (χ3n) is 1.05. The van der Waals surface area contributed by atoms with Crippen LogP contribution < -0.4 is 34.7 Å². The van der Waals surface area contributed by atoms with Crippen molar-refractivity contribution in [2.24, 2.45) is 0 Å². The predicted octanol–water partition coefficient (Wildman–Crippen LogP) is -4.27. The van der Waals surface area contributed by atoms with Gasteiger partial charge in [0, 0.05) is 6.42 Å². The quantitative estimate of drug-likeness (QED) is 0.447. The van der Waals surface area contributed by atoms with Gasteiger partial charge in [-0.2, -0.15) is 5.10 Å². The summed E-state index contributed by atoms with van der Waals surface area (Å²) in [5, 5.41) is 15.9. The summed E-state index contributed by atoms with van der Waals surface area (Å²) < 4.78 is 0. The number of nitrogens with zero attached hydrogens (tertiary/aromatic N) is 2. The van der Waals surface area contributed by atoms with Crippen LogP contribution in [0.1, 0.15) is 23.4 Å². The largest absolute Gasteiger partial charge is 1.00 e. The SMILES string of the molecule is CCc1nc(C(=O)[O-])n[nH]1.[Na+]. The molecule has 0 fully saturated rings. The Bertz CT molecular complexity index is 248. The number of carboxylic acids is 1. The van der Waals surface area contributed by atoms with Crippen molar-refractivity contribution in [2.75, 3.05) is 0 Å². The normalized spacial score (nSPS) is 8.82. The molecule has 5 nitrogen and oxygen atoms in total. The minimum atomic E-state index is -1.35. The molecule has 0 saturated heterocycles. The minimum Gasteiger partial charge on any atom is -0.541 e. The van der Waals surface area contributed by atoms with Gasteiger partial charge in [0.05, 0.1) is 0 Å². The van der Waals surface area contributed by atoms with Crippen LogP contribution in [0.3, 0.4) is 0 Å². The number of aryl methyl sites for hydroxylation is 1. The van der Waals surface area contributed by atoms with E-state index in [-0.39, 0.29) is 35.4 Å². The molecule has 0 aliphatic carbocycles. The van der Waals surface area contributed by atoms with Gasteiger partial charge in [-0.05, 0) is 0 Å². The summed E-state index contributed by atoms with van der Waals surface area (Å²) in [6.07, 6.45) is 0.639. The zero-order valence-corrected chi connectivity index (χ0v) is 8.42. The number of carbonyl (C=O) groups is 1. The van der Waals surface area contributed by atoms with Crippen LogP contribution in [-0.2, 0) is 6.42 Å². The number of rotatable bonds is 2. The van der Waals surface area contributed by atoms with Crippen LogP contribution in [0.5, 0.6) is 0 Å². The fourth-order valence-corrected chi connectivity index (χ4v) is 0.545. The molecular formula is C5H6N3NaO2. The third kappa shape index (κ3) is 2.61. The van der Waals surface area contributed by atoms with E-state index in [9.17, 15) is 9.90 Å². The molecule has 1 rings (SSSR count). The molecule has 1 aromatic heterocycles. The molecule has 1 heterocycles. The standard InChI is InChI=1S/C5H7N3O2.Na/c1-2-3-6-4(5(9)10)8-7-3;/h2H2,1H3,(H,9,10)(H,6,7,8);/q;+1/p-1. The van der Waals surface area contributed by atoms with Crippen molar-refractivity contribution in [1.82, 2.24) is 15.2 Å². The van der Waals surface area contributed by atoms with Gasteiger partial charge in [-0.15, -0.1) is 0 Å². The Labute approximate surface area is 85.5 Å². The van der Waals surface area contributed by atoms with Crippen LogP contribution in [-0.4, -0.2) is 21.2 Å². The van der Waals surface area contributed by atoms with Crippen LogP contribution in [0, 0.1) is 0 Å². The summed E-state index contributed by atoms with van der Waals surface area (Å²) in [6.45, 7) is 1.85. The van der Waals surface area contributed by atoms with E-state index in [1.54, 1.807) is 0 Å². The summed E-state index contributed by atoms with van der Waals surface area (Å²) >= 11 is 0. The zero-order chi connectivity index (χ0) is 7.56. The molecule has 6 heteroatoms. The average Bonchev–Trinajstić information content (AvgIpc) is 2.34. The monoisotopic (exact) mass is 163 g/mol. The molecule has 0 amide bonds. The number of H-pyrrole nitrogens is 1. The summed E-state index contributed by atoms with van der Waals surface area (Å²) in [5.74, 6) is -1.08. The second-order valence-corrected chi connectivity index (χ2v) is 1.75. The topological polar surface area (TPSA) is 81.7 Å². The van der Waals surface area contributed by atoms with Gasteiger partial charge < -0.3 is 9.90 Å². The first-order chi connectivity index (χ1) is 4.74. The number of aromatic carboxylic acids is 1. The Balaban J connectivity index is 0.000001000. The first kappa shape index (κ1) is 10.6. The van der Waals surface area contributed by atoms with Gasteiger partial charge in [-0.25, -0.2) is 4.98 Å². The van der Waals surface area contributed by atoms with Gasteiger partial charge in [-0.3, -0.25) is 5.10 Å². The predicted molar refractivity (Wildman–Crippen MR) is 30.1 cm³/mol. The summed E-state index contributed by atoms with van der Waals surface area (Å²) in [6, 6.07) is 0. The number of carbonyl (C=O) groups excluding carboxylic acids is 1. The van der Waals surface area contributed by atoms with Crippen LogP contribution >= 0.6 is 0 Å². The van der Waals surface area contributed by atoms with Crippen molar-refractivity contribution in [1.29, 1.82) is 0 Å². The molecule has 0 bridgehead atoms. The molecule has 0 aliphatic heterocycles.